The van der Waals surface area contributed by atoms with Crippen LogP contribution in [0.25, 0.3) is 0 Å². The summed E-state index contributed by atoms with van der Waals surface area (Å²) in [4.78, 5) is 0. The van der Waals surface area contributed by atoms with Gasteiger partial charge in [-0.25, -0.2) is 0 Å². The van der Waals surface area contributed by atoms with Crippen molar-refractivity contribution in [1.82, 2.24) is 0 Å². The molecule has 2 aliphatic rings. The number of hydrogen-bond acceptors (Lipinski definition) is 4. The molecule has 4 nitrogen and oxygen atoms in total. The third-order valence-corrected chi connectivity index (χ3v) is 3.35. The van der Waals surface area contributed by atoms with Crippen LogP contribution in [0.4, 0.5) is 0 Å². The van der Waals surface area contributed by atoms with E-state index >= 15 is 0 Å². The molecule has 0 spiro atoms. The van der Waals surface area contributed by atoms with Crippen LogP contribution in [0.1, 0.15) is 24.2 Å². The molecule has 0 bridgehead atoms. The summed E-state index contributed by atoms with van der Waals surface area (Å²) in [6.45, 7) is 5.07. The highest BCUT2D eigenvalue weighted by atomic mass is 16.6. The first-order chi connectivity index (χ1) is 8.20. The first-order valence-corrected chi connectivity index (χ1v) is 5.98. The summed E-state index contributed by atoms with van der Waals surface area (Å²) >= 11 is 0. The van der Waals surface area contributed by atoms with Crippen LogP contribution in [-0.2, 0) is 9.31 Å². The molecule has 0 fully saturated rings. The SMILES string of the molecule is Cc1ccc2c3c1C(CN)OB3OC(C)CO2. The molecular weight excluding hydrogens is 217 g/mol. The molecule has 2 aliphatic heterocycles. The second-order valence-corrected chi connectivity index (χ2v) is 4.66. The van der Waals surface area contributed by atoms with Gasteiger partial charge in [-0.3, -0.25) is 0 Å². The summed E-state index contributed by atoms with van der Waals surface area (Å²) in [6, 6.07) is 4.05. The molecule has 0 saturated heterocycles. The van der Waals surface area contributed by atoms with Gasteiger partial charge in [-0.1, -0.05) is 6.07 Å². The van der Waals surface area contributed by atoms with Gasteiger partial charge in [0.2, 0.25) is 0 Å². The number of benzene rings is 1. The molecule has 5 heteroatoms. The van der Waals surface area contributed by atoms with Crippen LogP contribution < -0.4 is 15.9 Å². The minimum atomic E-state index is -0.328. The smallest absolute Gasteiger partial charge is 0.491 e. The van der Waals surface area contributed by atoms with Crippen molar-refractivity contribution in [1.29, 1.82) is 0 Å². The first kappa shape index (κ1) is 11.1. The molecule has 2 heterocycles. The lowest BCUT2D eigenvalue weighted by atomic mass is 9.76. The second-order valence-electron chi connectivity index (χ2n) is 4.66. The molecule has 2 N–H and O–H groups in total. The number of ether oxygens (including phenoxy) is 1. The summed E-state index contributed by atoms with van der Waals surface area (Å²) in [5, 5.41) is 0. The lowest BCUT2D eigenvalue weighted by Gasteiger charge is -2.16. The number of aryl methyl sites for hydroxylation is 1. The Balaban J connectivity index is 2.14. The highest BCUT2D eigenvalue weighted by Gasteiger charge is 2.43. The molecule has 90 valence electrons. The minimum Gasteiger partial charge on any atom is -0.491 e. The van der Waals surface area contributed by atoms with E-state index in [4.69, 9.17) is 19.8 Å². The van der Waals surface area contributed by atoms with Crippen LogP contribution in [0, 0.1) is 6.92 Å². The van der Waals surface area contributed by atoms with E-state index in [1.807, 2.05) is 13.0 Å². The second kappa shape index (κ2) is 4.01. The molecule has 17 heavy (non-hydrogen) atoms. The van der Waals surface area contributed by atoms with Crippen LogP contribution in [-0.4, -0.2) is 26.4 Å². The topological polar surface area (TPSA) is 53.7 Å². The predicted molar refractivity (Wildman–Crippen MR) is 65.5 cm³/mol. The Morgan fingerprint density at radius 3 is 3.00 bits per heavy atom. The Labute approximate surface area is 101 Å². The average Bonchev–Trinajstić information content (AvgIpc) is 2.60. The zero-order chi connectivity index (χ0) is 12.0. The minimum absolute atomic E-state index is 0.0251. The number of hydrogen-bond donors (Lipinski definition) is 1. The van der Waals surface area contributed by atoms with Crippen molar-refractivity contribution in [3.8, 4) is 5.75 Å². The van der Waals surface area contributed by atoms with Gasteiger partial charge in [0.1, 0.15) is 12.4 Å². The van der Waals surface area contributed by atoms with Gasteiger partial charge >= 0.3 is 7.12 Å². The van der Waals surface area contributed by atoms with Crippen molar-refractivity contribution in [2.45, 2.75) is 26.1 Å². The van der Waals surface area contributed by atoms with Crippen molar-refractivity contribution in [2.75, 3.05) is 13.2 Å². The predicted octanol–water partition coefficient (Wildman–Crippen LogP) is 0.518. The zero-order valence-corrected chi connectivity index (χ0v) is 10.1. The Kier molecular flexibility index (Phi) is 2.62. The fourth-order valence-electron chi connectivity index (χ4n) is 2.54. The molecule has 0 radical (unpaired) electrons. The molecule has 0 aromatic heterocycles. The quantitative estimate of drug-likeness (QED) is 0.718. The Morgan fingerprint density at radius 1 is 1.41 bits per heavy atom. The van der Waals surface area contributed by atoms with E-state index in [0.717, 1.165) is 16.8 Å². The molecule has 0 aliphatic carbocycles. The summed E-state index contributed by atoms with van der Waals surface area (Å²) in [5.41, 5.74) is 9.12. The summed E-state index contributed by atoms with van der Waals surface area (Å²) in [5.74, 6) is 0.871. The van der Waals surface area contributed by atoms with Gasteiger partial charge in [0.15, 0.2) is 0 Å². The van der Waals surface area contributed by atoms with Crippen LogP contribution in [0.5, 0.6) is 5.75 Å². The number of rotatable bonds is 1. The molecule has 0 amide bonds. The van der Waals surface area contributed by atoms with Crippen molar-refractivity contribution in [3.63, 3.8) is 0 Å². The van der Waals surface area contributed by atoms with Crippen molar-refractivity contribution in [2.24, 2.45) is 5.73 Å². The van der Waals surface area contributed by atoms with E-state index in [2.05, 4.69) is 13.0 Å². The van der Waals surface area contributed by atoms with Crippen molar-refractivity contribution < 1.29 is 14.0 Å². The van der Waals surface area contributed by atoms with E-state index in [0.29, 0.717) is 13.2 Å². The molecular formula is C12H16BNO3. The van der Waals surface area contributed by atoms with E-state index < -0.39 is 0 Å². The van der Waals surface area contributed by atoms with E-state index in [9.17, 15) is 0 Å². The normalized spacial score (nSPS) is 26.4. The van der Waals surface area contributed by atoms with Crippen LogP contribution in [0.15, 0.2) is 12.1 Å². The van der Waals surface area contributed by atoms with Crippen molar-refractivity contribution >= 4 is 12.6 Å². The molecule has 0 saturated carbocycles. The van der Waals surface area contributed by atoms with Crippen LogP contribution in [0.3, 0.4) is 0 Å². The fraction of sp³-hybridized carbons (Fsp3) is 0.500. The summed E-state index contributed by atoms with van der Waals surface area (Å²) in [7, 11) is -0.328. The van der Waals surface area contributed by atoms with Gasteiger partial charge in [0, 0.05) is 12.0 Å². The van der Waals surface area contributed by atoms with Gasteiger partial charge in [0.05, 0.1) is 12.2 Å². The highest BCUT2D eigenvalue weighted by molar-refractivity contribution is 6.64. The van der Waals surface area contributed by atoms with Gasteiger partial charge in [-0.15, -0.1) is 0 Å². The lowest BCUT2D eigenvalue weighted by molar-refractivity contribution is 0.101. The molecule has 2 unspecified atom stereocenters. The lowest BCUT2D eigenvalue weighted by Crippen LogP contribution is -2.34. The van der Waals surface area contributed by atoms with E-state index in [1.54, 1.807) is 0 Å². The maximum absolute atomic E-state index is 5.87. The Morgan fingerprint density at radius 2 is 2.24 bits per heavy atom. The molecule has 1 aromatic carbocycles. The van der Waals surface area contributed by atoms with Gasteiger partial charge in [-0.2, -0.15) is 0 Å². The maximum atomic E-state index is 5.87. The summed E-state index contributed by atoms with van der Waals surface area (Å²) < 4.78 is 17.4. The fourth-order valence-corrected chi connectivity index (χ4v) is 2.54. The van der Waals surface area contributed by atoms with Crippen molar-refractivity contribution in [3.05, 3.63) is 23.3 Å². The monoisotopic (exact) mass is 233 g/mol. The van der Waals surface area contributed by atoms with E-state index in [1.165, 1.54) is 5.56 Å². The molecule has 3 rings (SSSR count). The van der Waals surface area contributed by atoms with Gasteiger partial charge in [0.25, 0.3) is 0 Å². The highest BCUT2D eigenvalue weighted by Crippen LogP contribution is 2.32. The first-order valence-electron chi connectivity index (χ1n) is 5.98. The summed E-state index contributed by atoms with van der Waals surface area (Å²) in [6.07, 6.45) is -0.0547. The van der Waals surface area contributed by atoms with Crippen LogP contribution in [0.2, 0.25) is 0 Å². The third kappa shape index (κ3) is 1.66. The largest absolute Gasteiger partial charge is 0.498 e. The molecule has 2 atom stereocenters. The van der Waals surface area contributed by atoms with Gasteiger partial charge < -0.3 is 19.8 Å². The average molecular weight is 233 g/mol. The standard InChI is InChI=1S/C12H16BNO3/c1-7-3-4-9-12-11(7)10(5-14)17-13(12)16-8(2)6-15-9/h3-4,8,10H,5-6,14H2,1-2H3. The van der Waals surface area contributed by atoms with Gasteiger partial charge in [-0.05, 0) is 31.0 Å². The van der Waals surface area contributed by atoms with E-state index in [-0.39, 0.29) is 19.3 Å². The molecule has 1 aromatic rings. The Hall–Kier alpha value is -1.04. The van der Waals surface area contributed by atoms with Crippen LogP contribution >= 0.6 is 0 Å². The Bertz CT molecular complexity index is 452. The third-order valence-electron chi connectivity index (χ3n) is 3.35. The zero-order valence-electron chi connectivity index (χ0n) is 10.1. The maximum Gasteiger partial charge on any atom is 0.498 e. The number of nitrogens with two attached hydrogens (primary N) is 1.